The maximum atomic E-state index is 11.0. The molecule has 0 radical (unpaired) electrons. The average Bonchev–Trinajstić information content (AvgIpc) is 2.26. The van der Waals surface area contributed by atoms with Gasteiger partial charge in [0.05, 0.1) is 13.1 Å². The summed E-state index contributed by atoms with van der Waals surface area (Å²) in [6.07, 6.45) is 0. The molecule has 4 nitrogen and oxygen atoms in total. The van der Waals surface area contributed by atoms with Crippen LogP contribution in [0, 0.1) is 0 Å². The number of benzene rings is 1. The number of rotatable bonds is 6. The van der Waals surface area contributed by atoms with Crippen LogP contribution in [0.1, 0.15) is 0 Å². The summed E-state index contributed by atoms with van der Waals surface area (Å²) < 4.78 is 5.40. The van der Waals surface area contributed by atoms with E-state index in [1.54, 1.807) is 7.05 Å². The highest BCUT2D eigenvalue weighted by molar-refractivity contribution is 5.77. The largest absolute Gasteiger partial charge is 0.492 e. The highest BCUT2D eigenvalue weighted by Crippen LogP contribution is 2.07. The molecule has 1 amide bonds. The highest BCUT2D eigenvalue weighted by Gasteiger charge is 1.97. The van der Waals surface area contributed by atoms with Crippen molar-refractivity contribution in [1.29, 1.82) is 0 Å². The SMILES string of the molecule is CNCC(=O)NCCOc1ccccc1. The van der Waals surface area contributed by atoms with E-state index in [1.807, 2.05) is 30.3 Å². The Morgan fingerprint density at radius 3 is 2.73 bits per heavy atom. The van der Waals surface area contributed by atoms with Gasteiger partial charge in [-0.2, -0.15) is 0 Å². The summed E-state index contributed by atoms with van der Waals surface area (Å²) >= 11 is 0. The molecule has 1 rings (SSSR count). The molecule has 0 spiro atoms. The van der Waals surface area contributed by atoms with Gasteiger partial charge in [-0.05, 0) is 19.2 Å². The van der Waals surface area contributed by atoms with Crippen molar-refractivity contribution >= 4 is 5.91 Å². The molecule has 0 unspecified atom stereocenters. The van der Waals surface area contributed by atoms with E-state index in [1.165, 1.54) is 0 Å². The zero-order valence-corrected chi connectivity index (χ0v) is 8.82. The van der Waals surface area contributed by atoms with Crippen molar-refractivity contribution in [1.82, 2.24) is 10.6 Å². The minimum Gasteiger partial charge on any atom is -0.492 e. The summed E-state index contributed by atoms with van der Waals surface area (Å²) in [6, 6.07) is 9.52. The van der Waals surface area contributed by atoms with Crippen LogP contribution in [0.25, 0.3) is 0 Å². The Kier molecular flexibility index (Phi) is 5.25. The first-order valence-corrected chi connectivity index (χ1v) is 4.92. The summed E-state index contributed by atoms with van der Waals surface area (Å²) in [5.74, 6) is 0.800. The van der Waals surface area contributed by atoms with Gasteiger partial charge in [0, 0.05) is 0 Å². The lowest BCUT2D eigenvalue weighted by atomic mass is 10.3. The third-order valence-electron chi connectivity index (χ3n) is 1.77. The number of hydrogen-bond acceptors (Lipinski definition) is 3. The maximum absolute atomic E-state index is 11.0. The van der Waals surface area contributed by atoms with Crippen LogP contribution in [-0.2, 0) is 4.79 Å². The topological polar surface area (TPSA) is 50.4 Å². The van der Waals surface area contributed by atoms with E-state index in [9.17, 15) is 4.79 Å². The molecule has 2 N–H and O–H groups in total. The predicted molar refractivity (Wildman–Crippen MR) is 58.9 cm³/mol. The fourth-order valence-electron chi connectivity index (χ4n) is 1.10. The maximum Gasteiger partial charge on any atom is 0.234 e. The molecule has 1 aromatic rings. The van der Waals surface area contributed by atoms with Crippen LogP contribution in [0.4, 0.5) is 0 Å². The molecule has 0 aliphatic carbocycles. The molecular formula is C11H16N2O2. The van der Waals surface area contributed by atoms with E-state index < -0.39 is 0 Å². The van der Waals surface area contributed by atoms with Crippen molar-refractivity contribution < 1.29 is 9.53 Å². The summed E-state index contributed by atoms with van der Waals surface area (Å²) in [4.78, 5) is 11.0. The third kappa shape index (κ3) is 5.02. The lowest BCUT2D eigenvalue weighted by molar-refractivity contribution is -0.120. The summed E-state index contributed by atoms with van der Waals surface area (Å²) in [6.45, 7) is 1.35. The minimum atomic E-state index is -0.0193. The Bertz CT molecular complexity index is 288. The van der Waals surface area contributed by atoms with Gasteiger partial charge in [-0.1, -0.05) is 18.2 Å². The van der Waals surface area contributed by atoms with Crippen molar-refractivity contribution in [3.63, 3.8) is 0 Å². The fraction of sp³-hybridized carbons (Fsp3) is 0.364. The van der Waals surface area contributed by atoms with Crippen molar-refractivity contribution in [2.24, 2.45) is 0 Å². The second kappa shape index (κ2) is 6.84. The lowest BCUT2D eigenvalue weighted by Crippen LogP contribution is -2.34. The second-order valence-corrected chi connectivity index (χ2v) is 3.04. The minimum absolute atomic E-state index is 0.0193. The van der Waals surface area contributed by atoms with E-state index in [0.29, 0.717) is 19.7 Å². The van der Waals surface area contributed by atoms with E-state index >= 15 is 0 Å². The second-order valence-electron chi connectivity index (χ2n) is 3.04. The Labute approximate surface area is 89.6 Å². The molecule has 82 valence electrons. The molecule has 0 fully saturated rings. The number of ether oxygens (including phenoxy) is 1. The Hall–Kier alpha value is -1.55. The number of para-hydroxylation sites is 1. The van der Waals surface area contributed by atoms with Gasteiger partial charge >= 0.3 is 0 Å². The first-order chi connectivity index (χ1) is 7.33. The normalized spacial score (nSPS) is 9.67. The summed E-state index contributed by atoms with van der Waals surface area (Å²) in [7, 11) is 1.74. The van der Waals surface area contributed by atoms with Crippen molar-refractivity contribution in [2.75, 3.05) is 26.7 Å². The van der Waals surface area contributed by atoms with Crippen molar-refractivity contribution in [3.8, 4) is 5.75 Å². The Morgan fingerprint density at radius 2 is 2.07 bits per heavy atom. The molecule has 4 heteroatoms. The summed E-state index contributed by atoms with van der Waals surface area (Å²) in [5, 5.41) is 5.50. The number of likely N-dealkylation sites (N-methyl/N-ethyl adjacent to an activating group) is 1. The van der Waals surface area contributed by atoms with Crippen LogP contribution in [0.15, 0.2) is 30.3 Å². The number of nitrogens with one attached hydrogen (secondary N) is 2. The van der Waals surface area contributed by atoms with Gasteiger partial charge < -0.3 is 15.4 Å². The molecule has 0 aliphatic rings. The molecule has 15 heavy (non-hydrogen) atoms. The van der Waals surface area contributed by atoms with Gasteiger partial charge in [-0.25, -0.2) is 0 Å². The third-order valence-corrected chi connectivity index (χ3v) is 1.77. The zero-order valence-electron chi connectivity index (χ0n) is 8.82. The fourth-order valence-corrected chi connectivity index (χ4v) is 1.10. The molecular weight excluding hydrogens is 192 g/mol. The smallest absolute Gasteiger partial charge is 0.234 e. The van der Waals surface area contributed by atoms with Crippen LogP contribution >= 0.6 is 0 Å². The molecule has 0 bridgehead atoms. The van der Waals surface area contributed by atoms with Crippen LogP contribution < -0.4 is 15.4 Å². The van der Waals surface area contributed by atoms with E-state index in [4.69, 9.17) is 4.74 Å². The molecule has 0 heterocycles. The van der Waals surface area contributed by atoms with Crippen LogP contribution in [0.3, 0.4) is 0 Å². The molecule has 0 aromatic heterocycles. The van der Waals surface area contributed by atoms with Gasteiger partial charge in [0.1, 0.15) is 12.4 Å². The average molecular weight is 208 g/mol. The number of carbonyl (C=O) groups is 1. The van der Waals surface area contributed by atoms with E-state index in [-0.39, 0.29) is 5.91 Å². The van der Waals surface area contributed by atoms with Gasteiger partial charge in [-0.15, -0.1) is 0 Å². The zero-order chi connectivity index (χ0) is 10.9. The highest BCUT2D eigenvalue weighted by atomic mass is 16.5. The van der Waals surface area contributed by atoms with Gasteiger partial charge in [0.25, 0.3) is 0 Å². The van der Waals surface area contributed by atoms with Crippen molar-refractivity contribution in [2.45, 2.75) is 0 Å². The first-order valence-electron chi connectivity index (χ1n) is 4.92. The monoisotopic (exact) mass is 208 g/mol. The standard InChI is InChI=1S/C11H16N2O2/c1-12-9-11(14)13-7-8-15-10-5-3-2-4-6-10/h2-6,12H,7-9H2,1H3,(H,13,14). The number of carbonyl (C=O) groups excluding carboxylic acids is 1. The molecule has 1 aromatic carbocycles. The molecule has 0 saturated heterocycles. The van der Waals surface area contributed by atoms with Crippen LogP contribution in [-0.4, -0.2) is 32.7 Å². The van der Waals surface area contributed by atoms with Crippen LogP contribution in [0.2, 0.25) is 0 Å². The van der Waals surface area contributed by atoms with Crippen molar-refractivity contribution in [3.05, 3.63) is 30.3 Å². The van der Waals surface area contributed by atoms with E-state index in [0.717, 1.165) is 5.75 Å². The van der Waals surface area contributed by atoms with Gasteiger partial charge in [-0.3, -0.25) is 4.79 Å². The quantitative estimate of drug-likeness (QED) is 0.665. The van der Waals surface area contributed by atoms with Gasteiger partial charge in [0.2, 0.25) is 5.91 Å². The molecule has 0 saturated carbocycles. The van der Waals surface area contributed by atoms with Gasteiger partial charge in [0.15, 0.2) is 0 Å². The number of amides is 1. The number of hydrogen-bond donors (Lipinski definition) is 2. The Balaban J connectivity index is 2.10. The first kappa shape index (κ1) is 11.5. The summed E-state index contributed by atoms with van der Waals surface area (Å²) in [5.41, 5.74) is 0. The Morgan fingerprint density at radius 1 is 1.33 bits per heavy atom. The molecule has 0 aliphatic heterocycles. The van der Waals surface area contributed by atoms with Crippen LogP contribution in [0.5, 0.6) is 5.75 Å². The molecule has 0 atom stereocenters. The predicted octanol–water partition coefficient (Wildman–Crippen LogP) is 0.401. The van der Waals surface area contributed by atoms with E-state index in [2.05, 4.69) is 10.6 Å². The lowest BCUT2D eigenvalue weighted by Gasteiger charge is -2.07.